The number of hydrogen-bond acceptors (Lipinski definition) is 2. The summed E-state index contributed by atoms with van der Waals surface area (Å²) in [4.78, 5) is 1.35. The number of hydrogen-bond donors (Lipinski definition) is 0. The van der Waals surface area contributed by atoms with Crippen molar-refractivity contribution < 1.29 is 9.13 Å². The number of halogens is 1. The van der Waals surface area contributed by atoms with Gasteiger partial charge >= 0.3 is 0 Å². The van der Waals surface area contributed by atoms with Crippen LogP contribution in [-0.2, 0) is 0 Å². The molecule has 0 saturated heterocycles. The number of rotatable bonds is 5. The summed E-state index contributed by atoms with van der Waals surface area (Å²) in [5.41, 5.74) is 0. The maximum absolute atomic E-state index is 14.6. The van der Waals surface area contributed by atoms with Crippen molar-refractivity contribution in [2.45, 2.75) is 58.3 Å². The molecular formula is C19H25FOS. The van der Waals surface area contributed by atoms with Crippen LogP contribution in [0.3, 0.4) is 0 Å². The molecule has 0 atom stereocenters. The molecule has 0 N–H and O–H groups in total. The molecule has 0 radical (unpaired) electrons. The van der Waals surface area contributed by atoms with E-state index in [2.05, 4.69) is 19.9 Å². The van der Waals surface area contributed by atoms with Gasteiger partial charge < -0.3 is 4.74 Å². The number of thiophene rings is 1. The highest BCUT2D eigenvalue weighted by atomic mass is 32.1. The lowest BCUT2D eigenvalue weighted by Gasteiger charge is -2.25. The van der Waals surface area contributed by atoms with Gasteiger partial charge in [0.05, 0.1) is 11.3 Å². The number of unbranched alkanes of at least 4 members (excludes halogenated alkanes) is 1. The lowest BCUT2D eigenvalue weighted by molar-refractivity contribution is 0.295. The highest BCUT2D eigenvalue weighted by Crippen LogP contribution is 2.42. The van der Waals surface area contributed by atoms with Crippen LogP contribution >= 0.6 is 11.3 Å². The van der Waals surface area contributed by atoms with Crippen molar-refractivity contribution in [3.8, 4) is 5.75 Å². The fourth-order valence-corrected chi connectivity index (χ4v) is 4.51. The van der Waals surface area contributed by atoms with E-state index < -0.39 is 0 Å². The quantitative estimate of drug-likeness (QED) is 0.570. The first-order valence-corrected chi connectivity index (χ1v) is 9.35. The van der Waals surface area contributed by atoms with Gasteiger partial charge in [0.1, 0.15) is 0 Å². The predicted molar refractivity (Wildman–Crippen MR) is 92.6 cm³/mol. The van der Waals surface area contributed by atoms with Crippen LogP contribution in [0.25, 0.3) is 10.1 Å². The van der Waals surface area contributed by atoms with E-state index in [-0.39, 0.29) is 5.82 Å². The highest BCUT2D eigenvalue weighted by Gasteiger charge is 2.22. The molecule has 0 bridgehead atoms. The van der Waals surface area contributed by atoms with Crippen molar-refractivity contribution in [2.24, 2.45) is 5.92 Å². The standard InChI is InChI=1S/C19H25FOS/c1-3-4-11-21-16-10-9-15-12-17(22-19(15)18(16)20)14-7-5-13(2)6-8-14/h9-10,12-14H,3-8,11H2,1-2H3/t13-,14-. The minimum absolute atomic E-state index is 0.172. The smallest absolute Gasteiger partial charge is 0.182 e. The fourth-order valence-electron chi connectivity index (χ4n) is 3.25. The largest absolute Gasteiger partial charge is 0.490 e. The van der Waals surface area contributed by atoms with Gasteiger partial charge in [0, 0.05) is 4.88 Å². The Hall–Kier alpha value is -1.09. The molecule has 0 spiro atoms. The van der Waals surface area contributed by atoms with Crippen molar-refractivity contribution in [1.29, 1.82) is 0 Å². The Kier molecular flexibility index (Phi) is 5.02. The zero-order valence-electron chi connectivity index (χ0n) is 13.5. The van der Waals surface area contributed by atoms with Crippen LogP contribution in [0.5, 0.6) is 5.75 Å². The van der Waals surface area contributed by atoms with Crippen LogP contribution in [0.4, 0.5) is 4.39 Å². The van der Waals surface area contributed by atoms with E-state index in [0.717, 1.165) is 28.8 Å². The van der Waals surface area contributed by atoms with Gasteiger partial charge in [0.25, 0.3) is 0 Å². The number of ether oxygens (including phenoxy) is 1. The molecule has 0 unspecified atom stereocenters. The third-order valence-electron chi connectivity index (χ3n) is 4.78. The Labute approximate surface area is 136 Å². The summed E-state index contributed by atoms with van der Waals surface area (Å²) in [6.45, 7) is 5.04. The molecule has 1 aliphatic carbocycles. The monoisotopic (exact) mass is 320 g/mol. The van der Waals surface area contributed by atoms with Gasteiger partial charge in [-0.3, -0.25) is 0 Å². The lowest BCUT2D eigenvalue weighted by atomic mass is 9.82. The minimum atomic E-state index is -0.172. The van der Waals surface area contributed by atoms with E-state index in [4.69, 9.17) is 4.74 Å². The molecule has 0 aliphatic heterocycles. The number of benzene rings is 1. The second-order valence-corrected chi connectivity index (χ2v) is 7.69. The predicted octanol–water partition coefficient (Wildman–Crippen LogP) is 6.51. The fraction of sp³-hybridized carbons (Fsp3) is 0.579. The molecule has 3 rings (SSSR count). The van der Waals surface area contributed by atoms with E-state index in [0.29, 0.717) is 18.3 Å². The zero-order chi connectivity index (χ0) is 15.5. The normalized spacial score (nSPS) is 22.1. The molecule has 120 valence electrons. The highest BCUT2D eigenvalue weighted by molar-refractivity contribution is 7.19. The van der Waals surface area contributed by atoms with Gasteiger partial charge in [-0.25, -0.2) is 4.39 Å². The van der Waals surface area contributed by atoms with E-state index in [9.17, 15) is 4.39 Å². The molecule has 1 nitrogen and oxygen atoms in total. The summed E-state index contributed by atoms with van der Waals surface area (Å²) in [7, 11) is 0. The van der Waals surface area contributed by atoms with E-state index >= 15 is 0 Å². The third kappa shape index (κ3) is 3.29. The maximum atomic E-state index is 14.6. The van der Waals surface area contributed by atoms with Crippen LogP contribution in [0.2, 0.25) is 0 Å². The summed E-state index contributed by atoms with van der Waals surface area (Å²) in [5.74, 6) is 1.71. The molecule has 1 aromatic carbocycles. The second kappa shape index (κ2) is 6.99. The topological polar surface area (TPSA) is 9.23 Å². The van der Waals surface area contributed by atoms with Crippen LogP contribution in [0.1, 0.15) is 63.2 Å². The Morgan fingerprint density at radius 2 is 2.00 bits per heavy atom. The average Bonchev–Trinajstić information content (AvgIpc) is 2.95. The molecule has 2 aromatic rings. The summed E-state index contributed by atoms with van der Waals surface area (Å²) in [5, 5.41) is 1.03. The summed E-state index contributed by atoms with van der Waals surface area (Å²) < 4.78 is 21.0. The first-order chi connectivity index (χ1) is 10.7. The van der Waals surface area contributed by atoms with Crippen molar-refractivity contribution in [3.05, 3.63) is 28.9 Å². The molecule has 1 fully saturated rings. The van der Waals surface area contributed by atoms with Crippen molar-refractivity contribution >= 4 is 21.4 Å². The van der Waals surface area contributed by atoms with Gasteiger partial charge in [-0.1, -0.05) is 33.1 Å². The molecule has 1 aromatic heterocycles. The van der Waals surface area contributed by atoms with Gasteiger partial charge in [-0.05, 0) is 54.7 Å². The second-order valence-electron chi connectivity index (χ2n) is 6.60. The van der Waals surface area contributed by atoms with Gasteiger partial charge in [-0.15, -0.1) is 11.3 Å². The van der Waals surface area contributed by atoms with Gasteiger partial charge in [0.2, 0.25) is 0 Å². The van der Waals surface area contributed by atoms with Crippen molar-refractivity contribution in [3.63, 3.8) is 0 Å². The van der Waals surface area contributed by atoms with Crippen molar-refractivity contribution in [2.75, 3.05) is 6.61 Å². The Morgan fingerprint density at radius 1 is 1.23 bits per heavy atom. The number of fused-ring (bicyclic) bond motifs is 1. The molecule has 1 aliphatic rings. The van der Waals surface area contributed by atoms with E-state index in [1.54, 1.807) is 17.4 Å². The Morgan fingerprint density at radius 3 is 2.73 bits per heavy atom. The van der Waals surface area contributed by atoms with Gasteiger partial charge in [-0.2, -0.15) is 0 Å². The molecule has 0 amide bonds. The molecule has 1 saturated carbocycles. The first kappa shape index (κ1) is 15.8. The summed E-state index contributed by atoms with van der Waals surface area (Å²) in [6.07, 6.45) is 7.12. The molecule has 1 heterocycles. The summed E-state index contributed by atoms with van der Waals surface area (Å²) in [6, 6.07) is 5.98. The zero-order valence-corrected chi connectivity index (χ0v) is 14.3. The van der Waals surface area contributed by atoms with Crippen LogP contribution < -0.4 is 4.74 Å². The van der Waals surface area contributed by atoms with Crippen LogP contribution in [0, 0.1) is 11.7 Å². The lowest BCUT2D eigenvalue weighted by Crippen LogP contribution is -2.09. The molecular weight excluding hydrogens is 295 g/mol. The molecule has 22 heavy (non-hydrogen) atoms. The first-order valence-electron chi connectivity index (χ1n) is 8.53. The van der Waals surface area contributed by atoms with E-state index in [1.807, 2.05) is 6.07 Å². The van der Waals surface area contributed by atoms with Crippen LogP contribution in [0.15, 0.2) is 18.2 Å². The maximum Gasteiger partial charge on any atom is 0.182 e. The third-order valence-corrected chi connectivity index (χ3v) is 6.09. The van der Waals surface area contributed by atoms with E-state index in [1.165, 1.54) is 30.6 Å². The Balaban J connectivity index is 1.81. The molecule has 3 heteroatoms. The Bertz CT molecular complexity index is 626. The van der Waals surface area contributed by atoms with Crippen LogP contribution in [-0.4, -0.2) is 6.61 Å². The SMILES string of the molecule is CCCCOc1ccc2cc([C@H]3CC[C@H](C)CC3)sc2c1F. The summed E-state index contributed by atoms with van der Waals surface area (Å²) >= 11 is 1.63. The average molecular weight is 320 g/mol. The van der Waals surface area contributed by atoms with Gasteiger partial charge in [0.15, 0.2) is 11.6 Å². The van der Waals surface area contributed by atoms with Crippen molar-refractivity contribution in [1.82, 2.24) is 0 Å². The minimum Gasteiger partial charge on any atom is -0.490 e.